The van der Waals surface area contributed by atoms with Crippen molar-refractivity contribution in [1.29, 1.82) is 0 Å². The molecule has 4 aromatic rings. The Morgan fingerprint density at radius 2 is 1.97 bits per heavy atom. The molecule has 0 radical (unpaired) electrons. The van der Waals surface area contributed by atoms with Crippen LogP contribution in [0.25, 0.3) is 5.65 Å². The van der Waals surface area contributed by atoms with Gasteiger partial charge >= 0.3 is 0 Å². The molecule has 5 heterocycles. The number of morpholine rings is 1. The van der Waals surface area contributed by atoms with Crippen molar-refractivity contribution in [3.8, 4) is 0 Å². The Morgan fingerprint density at radius 1 is 1.06 bits per heavy atom. The molecule has 7 nitrogen and oxygen atoms in total. The molecule has 1 N–H and O–H groups in total. The SMILES string of the molecule is Cc1ccn2c(CN3CCO[C@H](c4cccc(Nc5ccccn5)n4)C3)c(C)nc2c1. The molecule has 0 aliphatic carbocycles. The summed E-state index contributed by atoms with van der Waals surface area (Å²) in [5.41, 5.74) is 5.46. The van der Waals surface area contributed by atoms with Gasteiger partial charge in [-0.3, -0.25) is 4.90 Å². The first-order valence-electron chi connectivity index (χ1n) is 10.6. The van der Waals surface area contributed by atoms with E-state index in [1.807, 2.05) is 36.4 Å². The zero-order valence-corrected chi connectivity index (χ0v) is 17.8. The first-order valence-corrected chi connectivity index (χ1v) is 10.6. The molecule has 0 spiro atoms. The van der Waals surface area contributed by atoms with Crippen LogP contribution in [0.5, 0.6) is 0 Å². The molecule has 0 aromatic carbocycles. The second-order valence-corrected chi connectivity index (χ2v) is 7.96. The van der Waals surface area contributed by atoms with Gasteiger partial charge in [-0.1, -0.05) is 12.1 Å². The molecule has 1 saturated heterocycles. The van der Waals surface area contributed by atoms with Crippen LogP contribution in [0.2, 0.25) is 0 Å². The minimum Gasteiger partial charge on any atom is -0.369 e. The third-order valence-corrected chi connectivity index (χ3v) is 5.63. The van der Waals surface area contributed by atoms with E-state index in [1.54, 1.807) is 6.20 Å². The van der Waals surface area contributed by atoms with Crippen LogP contribution in [0, 0.1) is 13.8 Å². The van der Waals surface area contributed by atoms with Gasteiger partial charge in [0.25, 0.3) is 0 Å². The topological polar surface area (TPSA) is 67.6 Å². The van der Waals surface area contributed by atoms with E-state index in [9.17, 15) is 0 Å². The Kier molecular flexibility index (Phi) is 5.36. The van der Waals surface area contributed by atoms with Crippen molar-refractivity contribution >= 4 is 17.3 Å². The van der Waals surface area contributed by atoms with Crippen LogP contribution in [-0.2, 0) is 11.3 Å². The Morgan fingerprint density at radius 3 is 2.84 bits per heavy atom. The Hall–Kier alpha value is -3.29. The highest BCUT2D eigenvalue weighted by Gasteiger charge is 2.25. The van der Waals surface area contributed by atoms with Crippen molar-refractivity contribution in [1.82, 2.24) is 24.3 Å². The van der Waals surface area contributed by atoms with Crippen LogP contribution >= 0.6 is 0 Å². The number of ether oxygens (including phenoxy) is 1. The number of rotatable bonds is 5. The lowest BCUT2D eigenvalue weighted by Crippen LogP contribution is -2.38. The smallest absolute Gasteiger partial charge is 0.137 e. The lowest BCUT2D eigenvalue weighted by molar-refractivity contribution is -0.0354. The van der Waals surface area contributed by atoms with E-state index in [1.165, 1.54) is 11.3 Å². The van der Waals surface area contributed by atoms with Gasteiger partial charge < -0.3 is 14.5 Å². The number of anilines is 2. The van der Waals surface area contributed by atoms with E-state index in [0.717, 1.165) is 48.3 Å². The van der Waals surface area contributed by atoms with Crippen molar-refractivity contribution in [2.45, 2.75) is 26.5 Å². The van der Waals surface area contributed by atoms with E-state index in [0.29, 0.717) is 6.61 Å². The van der Waals surface area contributed by atoms with Gasteiger partial charge in [-0.25, -0.2) is 15.0 Å². The van der Waals surface area contributed by atoms with Crippen molar-refractivity contribution in [3.05, 3.63) is 83.6 Å². The number of hydrogen-bond acceptors (Lipinski definition) is 6. The normalized spacial score (nSPS) is 17.2. The Bertz CT molecular complexity index is 1190. The Balaban J connectivity index is 1.32. The van der Waals surface area contributed by atoms with Gasteiger partial charge in [-0.05, 0) is 55.8 Å². The fourth-order valence-electron chi connectivity index (χ4n) is 4.01. The first-order chi connectivity index (χ1) is 15.2. The number of nitrogens with zero attached hydrogens (tertiary/aromatic N) is 5. The number of nitrogens with one attached hydrogen (secondary N) is 1. The van der Waals surface area contributed by atoms with Gasteiger partial charge in [0.1, 0.15) is 23.4 Å². The largest absolute Gasteiger partial charge is 0.369 e. The molecule has 1 aliphatic heterocycles. The third kappa shape index (κ3) is 4.28. The number of aromatic nitrogens is 4. The molecular weight excluding hydrogens is 388 g/mol. The Labute approximate surface area is 181 Å². The summed E-state index contributed by atoms with van der Waals surface area (Å²) in [6, 6.07) is 16.0. The minimum atomic E-state index is -0.0685. The molecule has 0 bridgehead atoms. The van der Waals surface area contributed by atoms with Crippen molar-refractivity contribution in [3.63, 3.8) is 0 Å². The molecule has 1 fully saturated rings. The summed E-state index contributed by atoms with van der Waals surface area (Å²) in [5.74, 6) is 1.54. The van der Waals surface area contributed by atoms with Gasteiger partial charge in [0, 0.05) is 32.0 Å². The minimum absolute atomic E-state index is 0.0685. The molecule has 4 aromatic heterocycles. The lowest BCUT2D eigenvalue weighted by atomic mass is 10.1. The summed E-state index contributed by atoms with van der Waals surface area (Å²) >= 11 is 0. The highest BCUT2D eigenvalue weighted by molar-refractivity contribution is 5.51. The van der Waals surface area contributed by atoms with Crippen LogP contribution in [0.15, 0.2) is 60.9 Å². The molecule has 31 heavy (non-hydrogen) atoms. The van der Waals surface area contributed by atoms with Gasteiger partial charge in [0.2, 0.25) is 0 Å². The van der Waals surface area contributed by atoms with Crippen LogP contribution in [-0.4, -0.2) is 43.9 Å². The van der Waals surface area contributed by atoms with Crippen LogP contribution < -0.4 is 5.32 Å². The molecule has 5 rings (SSSR count). The third-order valence-electron chi connectivity index (χ3n) is 5.63. The summed E-state index contributed by atoms with van der Waals surface area (Å²) < 4.78 is 8.28. The zero-order valence-electron chi connectivity index (χ0n) is 17.8. The quantitative estimate of drug-likeness (QED) is 0.531. The average molecular weight is 415 g/mol. The number of pyridine rings is 3. The second-order valence-electron chi connectivity index (χ2n) is 7.96. The lowest BCUT2D eigenvalue weighted by Gasteiger charge is -2.32. The van der Waals surface area contributed by atoms with Gasteiger partial charge in [0.05, 0.1) is 23.7 Å². The molecule has 1 aliphatic rings. The molecule has 0 saturated carbocycles. The van der Waals surface area contributed by atoms with Crippen molar-refractivity contribution < 1.29 is 4.74 Å². The second kappa shape index (κ2) is 8.45. The van der Waals surface area contributed by atoms with Crippen LogP contribution in [0.3, 0.4) is 0 Å². The monoisotopic (exact) mass is 414 g/mol. The van der Waals surface area contributed by atoms with Gasteiger partial charge in [0.15, 0.2) is 0 Å². The molecular formula is C24H26N6O. The molecule has 0 unspecified atom stereocenters. The van der Waals surface area contributed by atoms with Crippen LogP contribution in [0.4, 0.5) is 11.6 Å². The zero-order chi connectivity index (χ0) is 21.2. The maximum atomic E-state index is 6.08. The van der Waals surface area contributed by atoms with Gasteiger partial charge in [-0.2, -0.15) is 0 Å². The van der Waals surface area contributed by atoms with Crippen LogP contribution in [0.1, 0.15) is 28.7 Å². The van der Waals surface area contributed by atoms with E-state index >= 15 is 0 Å². The molecule has 7 heteroatoms. The van der Waals surface area contributed by atoms with Crippen molar-refractivity contribution in [2.24, 2.45) is 0 Å². The van der Waals surface area contributed by atoms with Crippen molar-refractivity contribution in [2.75, 3.05) is 25.0 Å². The molecule has 0 amide bonds. The summed E-state index contributed by atoms with van der Waals surface area (Å²) in [5, 5.41) is 3.26. The van der Waals surface area contributed by atoms with E-state index in [-0.39, 0.29) is 6.10 Å². The standard InChI is InChI=1S/C24H26N6O/c1-17-9-11-30-20(18(2)26-24(30)14-17)15-29-12-13-31-21(16-29)19-6-5-8-23(27-19)28-22-7-3-4-10-25-22/h3-11,14,21H,12-13,15-16H2,1-2H3,(H,25,27,28)/t21-/m0/s1. The van der Waals surface area contributed by atoms with E-state index in [4.69, 9.17) is 14.7 Å². The summed E-state index contributed by atoms with van der Waals surface area (Å²) in [6.07, 6.45) is 3.81. The summed E-state index contributed by atoms with van der Waals surface area (Å²) in [7, 11) is 0. The van der Waals surface area contributed by atoms with E-state index in [2.05, 4.69) is 51.8 Å². The number of imidazole rings is 1. The highest BCUT2D eigenvalue weighted by Crippen LogP contribution is 2.25. The fourth-order valence-corrected chi connectivity index (χ4v) is 4.01. The average Bonchev–Trinajstić information content (AvgIpc) is 3.09. The molecule has 158 valence electrons. The number of aryl methyl sites for hydroxylation is 2. The number of hydrogen-bond donors (Lipinski definition) is 1. The van der Waals surface area contributed by atoms with Gasteiger partial charge in [-0.15, -0.1) is 0 Å². The number of fused-ring (bicyclic) bond motifs is 1. The fraction of sp³-hybridized carbons (Fsp3) is 0.292. The summed E-state index contributed by atoms with van der Waals surface area (Å²) in [4.78, 5) is 16.3. The predicted molar refractivity (Wildman–Crippen MR) is 120 cm³/mol. The molecule has 1 atom stereocenters. The summed E-state index contributed by atoms with van der Waals surface area (Å²) in [6.45, 7) is 7.38. The highest BCUT2D eigenvalue weighted by atomic mass is 16.5. The predicted octanol–water partition coefficient (Wildman–Crippen LogP) is 4.06. The van der Waals surface area contributed by atoms with E-state index < -0.39 is 0 Å². The maximum absolute atomic E-state index is 6.08. The maximum Gasteiger partial charge on any atom is 0.137 e. The first kappa shape index (κ1) is 19.7.